The van der Waals surface area contributed by atoms with Crippen LogP contribution in [0.2, 0.25) is 0 Å². The van der Waals surface area contributed by atoms with Crippen LogP contribution in [0.3, 0.4) is 0 Å². The quantitative estimate of drug-likeness (QED) is 0.871. The lowest BCUT2D eigenvalue weighted by atomic mass is 9.99. The van der Waals surface area contributed by atoms with Crippen molar-refractivity contribution in [2.24, 2.45) is 5.92 Å². The molecule has 1 fully saturated rings. The van der Waals surface area contributed by atoms with Gasteiger partial charge in [0, 0.05) is 31.9 Å². The molecule has 0 unspecified atom stereocenters. The fourth-order valence-electron chi connectivity index (χ4n) is 2.76. The van der Waals surface area contributed by atoms with Crippen molar-refractivity contribution in [1.29, 1.82) is 0 Å². The van der Waals surface area contributed by atoms with E-state index in [1.54, 1.807) is 25.3 Å². The molecule has 5 heteroatoms. The first-order valence-corrected chi connectivity index (χ1v) is 7.26. The first kappa shape index (κ1) is 15.8. The highest BCUT2D eigenvalue weighted by molar-refractivity contribution is 5.88. The number of hydrogen-bond acceptors (Lipinski definition) is 4. The molecule has 1 aliphatic rings. The minimum absolute atomic E-state index is 0.297. The Morgan fingerprint density at radius 2 is 2.14 bits per heavy atom. The average Bonchev–Trinajstić information content (AvgIpc) is 2.48. The average molecular weight is 293 g/mol. The Labute approximate surface area is 125 Å². The highest BCUT2D eigenvalue weighted by atomic mass is 16.5. The summed E-state index contributed by atoms with van der Waals surface area (Å²) in [5, 5.41) is 9.10. The standard InChI is InChI=1S/C16H23NO4/c1-17(10-12-5-7-21-8-6-12)11-14-9-13(16(18)19)3-4-15(14)20-2/h3-4,9,12H,5-8,10-11H2,1-2H3,(H,18,19). The van der Waals surface area contributed by atoms with Gasteiger partial charge < -0.3 is 19.5 Å². The molecule has 2 rings (SSSR count). The van der Waals surface area contributed by atoms with Crippen molar-refractivity contribution in [3.63, 3.8) is 0 Å². The number of methoxy groups -OCH3 is 1. The second-order valence-electron chi connectivity index (χ2n) is 5.58. The number of carbonyl (C=O) groups is 1. The van der Waals surface area contributed by atoms with Gasteiger partial charge in [0.25, 0.3) is 0 Å². The molecule has 5 nitrogen and oxygen atoms in total. The highest BCUT2D eigenvalue weighted by Gasteiger charge is 2.17. The molecule has 1 saturated heterocycles. The van der Waals surface area contributed by atoms with E-state index in [0.29, 0.717) is 18.0 Å². The van der Waals surface area contributed by atoms with E-state index in [0.717, 1.165) is 43.9 Å². The summed E-state index contributed by atoms with van der Waals surface area (Å²) >= 11 is 0. The molecule has 21 heavy (non-hydrogen) atoms. The molecule has 0 bridgehead atoms. The molecule has 1 N–H and O–H groups in total. The number of ether oxygens (including phenoxy) is 2. The van der Waals surface area contributed by atoms with E-state index >= 15 is 0 Å². The van der Waals surface area contributed by atoms with Gasteiger partial charge in [-0.05, 0) is 44.0 Å². The Bertz CT molecular complexity index is 483. The molecular formula is C16H23NO4. The lowest BCUT2D eigenvalue weighted by Crippen LogP contribution is -2.29. The van der Waals surface area contributed by atoms with Gasteiger partial charge in [-0.15, -0.1) is 0 Å². The number of rotatable bonds is 6. The minimum Gasteiger partial charge on any atom is -0.496 e. The summed E-state index contributed by atoms with van der Waals surface area (Å²) in [6.07, 6.45) is 2.19. The van der Waals surface area contributed by atoms with Crippen LogP contribution in [0.5, 0.6) is 5.75 Å². The van der Waals surface area contributed by atoms with E-state index in [1.807, 2.05) is 0 Å². The lowest BCUT2D eigenvalue weighted by molar-refractivity contribution is 0.0548. The Morgan fingerprint density at radius 1 is 1.43 bits per heavy atom. The van der Waals surface area contributed by atoms with Crippen LogP contribution in [0.25, 0.3) is 0 Å². The third kappa shape index (κ3) is 4.44. The van der Waals surface area contributed by atoms with E-state index in [1.165, 1.54) is 0 Å². The van der Waals surface area contributed by atoms with E-state index in [-0.39, 0.29) is 0 Å². The van der Waals surface area contributed by atoms with Crippen molar-refractivity contribution in [2.75, 3.05) is 33.9 Å². The Morgan fingerprint density at radius 3 is 2.76 bits per heavy atom. The van der Waals surface area contributed by atoms with Crippen molar-refractivity contribution in [2.45, 2.75) is 19.4 Å². The largest absolute Gasteiger partial charge is 0.496 e. The topological polar surface area (TPSA) is 59.0 Å². The second-order valence-corrected chi connectivity index (χ2v) is 5.58. The van der Waals surface area contributed by atoms with Crippen LogP contribution in [-0.2, 0) is 11.3 Å². The smallest absolute Gasteiger partial charge is 0.335 e. The summed E-state index contributed by atoms with van der Waals surface area (Å²) < 4.78 is 10.7. The number of carboxylic acids is 1. The fourth-order valence-corrected chi connectivity index (χ4v) is 2.76. The van der Waals surface area contributed by atoms with E-state index in [9.17, 15) is 4.79 Å². The third-order valence-electron chi connectivity index (χ3n) is 3.88. The maximum absolute atomic E-state index is 11.1. The van der Waals surface area contributed by atoms with Gasteiger partial charge >= 0.3 is 5.97 Å². The predicted molar refractivity (Wildman–Crippen MR) is 79.8 cm³/mol. The zero-order chi connectivity index (χ0) is 15.2. The Kier molecular flexibility index (Phi) is 5.59. The molecule has 0 amide bonds. The van der Waals surface area contributed by atoms with Gasteiger partial charge in [-0.25, -0.2) is 4.79 Å². The van der Waals surface area contributed by atoms with Gasteiger partial charge in [0.05, 0.1) is 12.7 Å². The summed E-state index contributed by atoms with van der Waals surface area (Å²) in [6.45, 7) is 3.36. The summed E-state index contributed by atoms with van der Waals surface area (Å²) in [7, 11) is 3.67. The van der Waals surface area contributed by atoms with Crippen molar-refractivity contribution < 1.29 is 19.4 Å². The molecule has 0 aromatic heterocycles. The van der Waals surface area contributed by atoms with Crippen LogP contribution in [0, 0.1) is 5.92 Å². The van der Waals surface area contributed by atoms with Crippen LogP contribution in [-0.4, -0.2) is 49.9 Å². The summed E-state index contributed by atoms with van der Waals surface area (Å²) in [5.41, 5.74) is 1.21. The van der Waals surface area contributed by atoms with Gasteiger partial charge in [-0.1, -0.05) is 0 Å². The molecule has 1 aromatic carbocycles. The van der Waals surface area contributed by atoms with Gasteiger partial charge in [0.15, 0.2) is 0 Å². The highest BCUT2D eigenvalue weighted by Crippen LogP contribution is 2.23. The number of carboxylic acid groups (broad SMARTS) is 1. The molecule has 0 spiro atoms. The number of nitrogens with zero attached hydrogens (tertiary/aromatic N) is 1. The van der Waals surface area contributed by atoms with Crippen LogP contribution in [0.4, 0.5) is 0 Å². The summed E-state index contributed by atoms with van der Waals surface area (Å²) in [5.74, 6) is 0.474. The molecular weight excluding hydrogens is 270 g/mol. The van der Waals surface area contributed by atoms with Gasteiger partial charge in [0.2, 0.25) is 0 Å². The lowest BCUT2D eigenvalue weighted by Gasteiger charge is -2.27. The molecule has 1 aromatic rings. The van der Waals surface area contributed by atoms with E-state index in [2.05, 4.69) is 11.9 Å². The van der Waals surface area contributed by atoms with Crippen LogP contribution in [0.1, 0.15) is 28.8 Å². The second kappa shape index (κ2) is 7.43. The van der Waals surface area contributed by atoms with Crippen molar-refractivity contribution in [3.05, 3.63) is 29.3 Å². The zero-order valence-corrected chi connectivity index (χ0v) is 12.7. The molecule has 0 aliphatic carbocycles. The SMILES string of the molecule is COc1ccc(C(=O)O)cc1CN(C)CC1CCOCC1. The van der Waals surface area contributed by atoms with Gasteiger partial charge in [-0.3, -0.25) is 0 Å². The van der Waals surface area contributed by atoms with Crippen molar-refractivity contribution in [1.82, 2.24) is 4.90 Å². The minimum atomic E-state index is -0.911. The monoisotopic (exact) mass is 293 g/mol. The Balaban J connectivity index is 2.02. The van der Waals surface area contributed by atoms with E-state index < -0.39 is 5.97 Å². The number of hydrogen-bond donors (Lipinski definition) is 1. The summed E-state index contributed by atoms with van der Waals surface area (Å²) in [4.78, 5) is 13.3. The predicted octanol–water partition coefficient (Wildman–Crippen LogP) is 2.25. The van der Waals surface area contributed by atoms with Crippen molar-refractivity contribution >= 4 is 5.97 Å². The molecule has 116 valence electrons. The summed E-state index contributed by atoms with van der Waals surface area (Å²) in [6, 6.07) is 4.99. The zero-order valence-electron chi connectivity index (χ0n) is 12.7. The number of aromatic carboxylic acids is 1. The Hall–Kier alpha value is -1.59. The molecule has 1 heterocycles. The fraction of sp³-hybridized carbons (Fsp3) is 0.562. The van der Waals surface area contributed by atoms with Crippen molar-refractivity contribution in [3.8, 4) is 5.75 Å². The first-order valence-electron chi connectivity index (χ1n) is 7.26. The van der Waals surface area contributed by atoms with Crippen LogP contribution >= 0.6 is 0 Å². The molecule has 0 radical (unpaired) electrons. The molecule has 0 saturated carbocycles. The maximum atomic E-state index is 11.1. The first-order chi connectivity index (χ1) is 10.1. The molecule has 1 aliphatic heterocycles. The third-order valence-corrected chi connectivity index (χ3v) is 3.88. The van der Waals surface area contributed by atoms with E-state index in [4.69, 9.17) is 14.6 Å². The maximum Gasteiger partial charge on any atom is 0.335 e. The normalized spacial score (nSPS) is 16.1. The van der Waals surface area contributed by atoms with Gasteiger partial charge in [0.1, 0.15) is 5.75 Å². The van der Waals surface area contributed by atoms with Gasteiger partial charge in [-0.2, -0.15) is 0 Å². The number of benzene rings is 1. The van der Waals surface area contributed by atoms with Crippen LogP contribution in [0.15, 0.2) is 18.2 Å². The van der Waals surface area contributed by atoms with Crippen LogP contribution < -0.4 is 4.74 Å². The molecule has 0 atom stereocenters.